The van der Waals surface area contributed by atoms with Crippen LogP contribution in [0.25, 0.3) is 10.9 Å². The van der Waals surface area contributed by atoms with Crippen molar-refractivity contribution in [3.63, 3.8) is 0 Å². The molecular formula is C24H19ClFN3O3. The molecular weight excluding hydrogens is 433 g/mol. The quantitative estimate of drug-likeness (QED) is 0.499. The third-order valence-electron chi connectivity index (χ3n) is 5.23. The van der Waals surface area contributed by atoms with E-state index >= 15 is 0 Å². The highest BCUT2D eigenvalue weighted by Gasteiger charge is 2.16. The van der Waals surface area contributed by atoms with Crippen molar-refractivity contribution in [3.05, 3.63) is 110 Å². The Morgan fingerprint density at radius 1 is 0.969 bits per heavy atom. The lowest BCUT2D eigenvalue weighted by molar-refractivity contribution is -0.116. The predicted octanol–water partition coefficient (Wildman–Crippen LogP) is 3.95. The van der Waals surface area contributed by atoms with Gasteiger partial charge in [0.05, 0.1) is 17.4 Å². The van der Waals surface area contributed by atoms with Gasteiger partial charge in [0.15, 0.2) is 0 Å². The summed E-state index contributed by atoms with van der Waals surface area (Å²) in [5, 5.41) is 3.59. The number of anilines is 1. The number of hydrogen-bond acceptors (Lipinski definition) is 3. The highest BCUT2D eigenvalue weighted by molar-refractivity contribution is 6.31. The summed E-state index contributed by atoms with van der Waals surface area (Å²) in [6.45, 7) is 1.44. The van der Waals surface area contributed by atoms with Gasteiger partial charge >= 0.3 is 5.69 Å². The van der Waals surface area contributed by atoms with Gasteiger partial charge in [0, 0.05) is 10.7 Å². The Kier molecular flexibility index (Phi) is 5.92. The lowest BCUT2D eigenvalue weighted by Gasteiger charge is -2.15. The van der Waals surface area contributed by atoms with Crippen LogP contribution >= 0.6 is 11.6 Å². The molecule has 0 unspecified atom stereocenters. The van der Waals surface area contributed by atoms with Crippen LogP contribution in [-0.4, -0.2) is 15.0 Å². The van der Waals surface area contributed by atoms with E-state index in [4.69, 9.17) is 11.6 Å². The number of hydrogen-bond donors (Lipinski definition) is 1. The first kappa shape index (κ1) is 21.5. The molecule has 0 aliphatic carbocycles. The monoisotopic (exact) mass is 451 g/mol. The first-order valence-corrected chi connectivity index (χ1v) is 10.2. The van der Waals surface area contributed by atoms with E-state index < -0.39 is 23.0 Å². The van der Waals surface area contributed by atoms with Crippen LogP contribution in [0.4, 0.5) is 10.1 Å². The second-order valence-electron chi connectivity index (χ2n) is 7.36. The lowest BCUT2D eigenvalue weighted by atomic mass is 10.2. The molecule has 0 radical (unpaired) electrons. The highest BCUT2D eigenvalue weighted by atomic mass is 35.5. The topological polar surface area (TPSA) is 73.1 Å². The second kappa shape index (κ2) is 8.80. The summed E-state index contributed by atoms with van der Waals surface area (Å²) in [5.41, 5.74) is 1.09. The fourth-order valence-corrected chi connectivity index (χ4v) is 3.69. The molecule has 0 spiro atoms. The average molecular weight is 452 g/mol. The number of para-hydroxylation sites is 1. The van der Waals surface area contributed by atoms with Crippen LogP contribution in [0.3, 0.4) is 0 Å². The first-order valence-electron chi connectivity index (χ1n) is 9.87. The van der Waals surface area contributed by atoms with E-state index in [2.05, 4.69) is 5.32 Å². The Morgan fingerprint density at radius 3 is 2.44 bits per heavy atom. The van der Waals surface area contributed by atoms with Gasteiger partial charge in [-0.3, -0.25) is 18.7 Å². The van der Waals surface area contributed by atoms with Crippen molar-refractivity contribution in [2.24, 2.45) is 0 Å². The van der Waals surface area contributed by atoms with Gasteiger partial charge in [-0.05, 0) is 54.4 Å². The first-order chi connectivity index (χ1) is 15.3. The van der Waals surface area contributed by atoms with Gasteiger partial charge in [-0.2, -0.15) is 0 Å². The number of amides is 1. The molecule has 0 fully saturated rings. The molecule has 0 aliphatic heterocycles. The number of nitrogens with zero attached hydrogens (tertiary/aromatic N) is 2. The lowest BCUT2D eigenvalue weighted by Crippen LogP contribution is -2.42. The fourth-order valence-electron chi connectivity index (χ4n) is 3.51. The molecule has 4 rings (SSSR count). The molecule has 4 aromatic rings. The Bertz CT molecular complexity index is 1440. The maximum Gasteiger partial charge on any atom is 0.332 e. The van der Waals surface area contributed by atoms with Crippen molar-refractivity contribution in [1.82, 2.24) is 9.13 Å². The number of nitrogens with one attached hydrogen (secondary N) is 1. The molecule has 8 heteroatoms. The molecule has 0 saturated heterocycles. The maximum absolute atomic E-state index is 13.2. The van der Waals surface area contributed by atoms with Gasteiger partial charge in [-0.25, -0.2) is 9.18 Å². The zero-order valence-electron chi connectivity index (χ0n) is 17.1. The van der Waals surface area contributed by atoms with E-state index in [0.717, 1.165) is 4.57 Å². The smallest absolute Gasteiger partial charge is 0.324 e. The Morgan fingerprint density at radius 2 is 1.69 bits per heavy atom. The van der Waals surface area contributed by atoms with Gasteiger partial charge in [-0.15, -0.1) is 0 Å². The molecule has 6 nitrogen and oxygen atoms in total. The fraction of sp³-hybridized carbons (Fsp3) is 0.125. The van der Waals surface area contributed by atoms with Crippen LogP contribution in [0.1, 0.15) is 11.1 Å². The zero-order chi connectivity index (χ0) is 22.8. The minimum atomic E-state index is -0.629. The minimum absolute atomic E-state index is 0.0438. The van der Waals surface area contributed by atoms with Crippen LogP contribution in [0, 0.1) is 12.7 Å². The van der Waals surface area contributed by atoms with Crippen LogP contribution in [0.15, 0.2) is 76.3 Å². The number of aromatic nitrogens is 2. The average Bonchev–Trinajstić information content (AvgIpc) is 2.78. The van der Waals surface area contributed by atoms with Crippen molar-refractivity contribution in [3.8, 4) is 0 Å². The van der Waals surface area contributed by atoms with E-state index in [0.29, 0.717) is 32.7 Å². The predicted molar refractivity (Wildman–Crippen MR) is 123 cm³/mol. The van der Waals surface area contributed by atoms with Gasteiger partial charge in [0.1, 0.15) is 12.4 Å². The molecule has 1 N–H and O–H groups in total. The zero-order valence-corrected chi connectivity index (χ0v) is 17.9. The number of rotatable bonds is 5. The van der Waals surface area contributed by atoms with Gasteiger partial charge < -0.3 is 5.32 Å². The van der Waals surface area contributed by atoms with Crippen molar-refractivity contribution >= 4 is 34.1 Å². The van der Waals surface area contributed by atoms with Crippen LogP contribution < -0.4 is 16.6 Å². The number of halogens is 2. The minimum Gasteiger partial charge on any atom is -0.324 e. The van der Waals surface area contributed by atoms with Crippen molar-refractivity contribution in [2.75, 3.05) is 5.32 Å². The van der Waals surface area contributed by atoms with E-state index in [1.165, 1.54) is 28.8 Å². The summed E-state index contributed by atoms with van der Waals surface area (Å²) < 4.78 is 15.6. The van der Waals surface area contributed by atoms with Crippen LogP contribution in [0.2, 0.25) is 5.02 Å². The van der Waals surface area contributed by atoms with E-state index in [1.807, 2.05) is 0 Å². The molecule has 162 valence electrons. The summed E-state index contributed by atoms with van der Waals surface area (Å²) in [6, 6.07) is 17.3. The Hall–Kier alpha value is -3.71. The highest BCUT2D eigenvalue weighted by Crippen LogP contribution is 2.23. The Labute approximate surface area is 187 Å². The third-order valence-corrected chi connectivity index (χ3v) is 5.64. The van der Waals surface area contributed by atoms with Crippen molar-refractivity contribution in [2.45, 2.75) is 20.0 Å². The Balaban J connectivity index is 1.75. The molecule has 1 amide bonds. The molecule has 32 heavy (non-hydrogen) atoms. The largest absolute Gasteiger partial charge is 0.332 e. The molecule has 1 aromatic heterocycles. The summed E-state index contributed by atoms with van der Waals surface area (Å²) in [6.07, 6.45) is 0. The number of carbonyl (C=O) groups excluding carboxylic acids is 1. The normalized spacial score (nSPS) is 11.0. The summed E-state index contributed by atoms with van der Waals surface area (Å²) >= 11 is 6.12. The molecule has 0 aliphatic rings. The van der Waals surface area contributed by atoms with E-state index in [-0.39, 0.29) is 13.1 Å². The van der Waals surface area contributed by atoms with Crippen molar-refractivity contribution in [1.29, 1.82) is 0 Å². The summed E-state index contributed by atoms with van der Waals surface area (Å²) in [4.78, 5) is 39.0. The van der Waals surface area contributed by atoms with E-state index in [9.17, 15) is 18.8 Å². The van der Waals surface area contributed by atoms with Crippen LogP contribution in [0.5, 0.6) is 0 Å². The molecule has 0 saturated carbocycles. The van der Waals surface area contributed by atoms with E-state index in [1.54, 1.807) is 49.4 Å². The van der Waals surface area contributed by atoms with Crippen LogP contribution in [-0.2, 0) is 17.9 Å². The molecule has 1 heterocycles. The van der Waals surface area contributed by atoms with Gasteiger partial charge in [0.25, 0.3) is 5.56 Å². The summed E-state index contributed by atoms with van der Waals surface area (Å²) in [7, 11) is 0. The van der Waals surface area contributed by atoms with Gasteiger partial charge in [0.2, 0.25) is 5.91 Å². The van der Waals surface area contributed by atoms with Crippen molar-refractivity contribution < 1.29 is 9.18 Å². The summed E-state index contributed by atoms with van der Waals surface area (Å²) in [5.74, 6) is -0.848. The number of fused-ring (bicyclic) bond motifs is 1. The SMILES string of the molecule is Cc1c(Cl)cccc1NC(=O)Cn1c(=O)n(Cc2ccc(F)cc2)c(=O)c2ccccc21. The third kappa shape index (κ3) is 4.20. The molecule has 0 atom stereocenters. The standard InChI is InChI=1S/C24H19ClFN3O3/c1-15-19(25)6-4-7-20(15)27-22(30)14-28-21-8-3-2-5-18(21)23(31)29(24(28)32)13-16-9-11-17(26)12-10-16/h2-12H,13-14H2,1H3,(H,27,30). The van der Waals surface area contributed by atoms with Gasteiger partial charge in [-0.1, -0.05) is 41.9 Å². The number of benzene rings is 3. The number of carbonyl (C=O) groups is 1. The molecule has 3 aromatic carbocycles. The maximum atomic E-state index is 13.2. The second-order valence-corrected chi connectivity index (χ2v) is 7.77. The molecule has 0 bridgehead atoms.